The highest BCUT2D eigenvalue weighted by Crippen LogP contribution is 2.35. The zero-order chi connectivity index (χ0) is 28.6. The van der Waals surface area contributed by atoms with Crippen molar-refractivity contribution in [2.24, 2.45) is 0 Å². The quantitative estimate of drug-likeness (QED) is 0.318. The number of likely N-dealkylation sites (tertiary alicyclic amines) is 1. The first-order chi connectivity index (χ1) is 19.8. The molecule has 0 aliphatic carbocycles. The molecule has 0 spiro atoms. The van der Waals surface area contributed by atoms with Crippen LogP contribution in [0, 0.1) is 0 Å². The molecule has 1 aromatic carbocycles. The molecule has 12 heteroatoms. The Morgan fingerprint density at radius 3 is 2.73 bits per heavy atom. The summed E-state index contributed by atoms with van der Waals surface area (Å²) in [5, 5.41) is 4.34. The van der Waals surface area contributed by atoms with Gasteiger partial charge in [0.1, 0.15) is 23.7 Å². The monoisotopic (exact) mass is 583 g/mol. The molecule has 2 aliphatic rings. The van der Waals surface area contributed by atoms with Crippen LogP contribution in [0.3, 0.4) is 0 Å². The Morgan fingerprint density at radius 2 is 1.93 bits per heavy atom. The van der Waals surface area contributed by atoms with E-state index in [9.17, 15) is 22.8 Å². The number of halogens is 3. The molecule has 6 rings (SSSR count). The standard InChI is InChI=1S/C29H28F3N5O3S/c30-29(31,32)19-13-20(15-21(14-19)40-12-11-35-7-3-4-8-35)34-27(38)23-18-41-25-17-36(10-6-22(23)25)28(39)24-16-33-26-5-1-2-9-37(24)26/h1-2,5,9,13-16,18H,3-4,6-8,10-12,17H2,(H,34,38). The van der Waals surface area contributed by atoms with Crippen molar-refractivity contribution < 1.29 is 27.5 Å². The molecule has 3 aromatic heterocycles. The first kappa shape index (κ1) is 27.3. The van der Waals surface area contributed by atoms with Gasteiger partial charge < -0.3 is 15.0 Å². The van der Waals surface area contributed by atoms with Crippen molar-refractivity contribution in [1.29, 1.82) is 0 Å². The average Bonchev–Trinajstić information content (AvgIpc) is 3.71. The summed E-state index contributed by atoms with van der Waals surface area (Å²) in [6, 6.07) is 8.81. The third kappa shape index (κ3) is 5.80. The lowest BCUT2D eigenvalue weighted by atomic mass is 10.0. The number of anilines is 1. The molecule has 0 atom stereocenters. The van der Waals surface area contributed by atoms with Crippen LogP contribution in [-0.2, 0) is 19.1 Å². The summed E-state index contributed by atoms with van der Waals surface area (Å²) < 4.78 is 48.3. The van der Waals surface area contributed by atoms with Crippen LogP contribution in [-0.4, -0.2) is 63.8 Å². The molecule has 1 fully saturated rings. The van der Waals surface area contributed by atoms with Crippen molar-refractivity contribution >= 4 is 34.5 Å². The van der Waals surface area contributed by atoms with Crippen molar-refractivity contribution in [3.8, 4) is 5.75 Å². The molecule has 1 saturated heterocycles. The van der Waals surface area contributed by atoms with E-state index in [1.807, 2.05) is 18.2 Å². The molecule has 5 heterocycles. The van der Waals surface area contributed by atoms with Gasteiger partial charge in [-0.3, -0.25) is 18.9 Å². The van der Waals surface area contributed by atoms with E-state index >= 15 is 0 Å². The van der Waals surface area contributed by atoms with E-state index < -0.39 is 17.6 Å². The number of fused-ring (bicyclic) bond motifs is 2. The van der Waals surface area contributed by atoms with E-state index in [1.54, 1.807) is 27.1 Å². The van der Waals surface area contributed by atoms with E-state index in [0.717, 1.165) is 48.5 Å². The summed E-state index contributed by atoms with van der Waals surface area (Å²) in [7, 11) is 0. The number of hydrogen-bond acceptors (Lipinski definition) is 6. The fourth-order valence-electron chi connectivity index (χ4n) is 5.36. The maximum atomic E-state index is 13.6. The maximum Gasteiger partial charge on any atom is 0.416 e. The number of amides is 2. The van der Waals surface area contributed by atoms with Crippen molar-refractivity contribution in [3.05, 3.63) is 81.4 Å². The molecule has 0 radical (unpaired) electrons. The second-order valence-corrected chi connectivity index (χ2v) is 11.2. The van der Waals surface area contributed by atoms with Crippen LogP contribution >= 0.6 is 11.3 Å². The molecule has 0 bridgehead atoms. The minimum Gasteiger partial charge on any atom is -0.492 e. The van der Waals surface area contributed by atoms with Crippen LogP contribution < -0.4 is 10.1 Å². The Labute approximate surface area is 238 Å². The van der Waals surface area contributed by atoms with Crippen LogP contribution in [0.4, 0.5) is 18.9 Å². The Balaban J connectivity index is 1.15. The molecule has 1 N–H and O–H groups in total. The second kappa shape index (κ2) is 11.2. The number of aromatic nitrogens is 2. The first-order valence-electron chi connectivity index (χ1n) is 13.5. The number of thiophene rings is 1. The number of rotatable bonds is 7. The minimum atomic E-state index is -4.59. The minimum absolute atomic E-state index is 0.0150. The lowest BCUT2D eigenvalue weighted by molar-refractivity contribution is -0.137. The number of imidazole rings is 1. The van der Waals surface area contributed by atoms with Crippen LogP contribution in [0.5, 0.6) is 5.75 Å². The Hall–Kier alpha value is -3.90. The van der Waals surface area contributed by atoms with E-state index in [0.29, 0.717) is 43.0 Å². The molecule has 214 valence electrons. The topological polar surface area (TPSA) is 79.2 Å². The Morgan fingerprint density at radius 1 is 1.10 bits per heavy atom. The second-order valence-electron chi connectivity index (χ2n) is 10.2. The Bertz CT molecular complexity index is 1590. The first-order valence-corrected chi connectivity index (χ1v) is 14.3. The summed E-state index contributed by atoms with van der Waals surface area (Å²) in [4.78, 5) is 35.6. The molecule has 8 nitrogen and oxygen atoms in total. The summed E-state index contributed by atoms with van der Waals surface area (Å²) >= 11 is 1.36. The largest absolute Gasteiger partial charge is 0.492 e. The van der Waals surface area contributed by atoms with Gasteiger partial charge in [0.05, 0.1) is 23.9 Å². The SMILES string of the molecule is O=C(Nc1cc(OCCN2CCCC2)cc(C(F)(F)F)c1)c1csc2c1CCN(C(=O)c1cnc3ccccn13)C2. The van der Waals surface area contributed by atoms with Crippen molar-refractivity contribution in [1.82, 2.24) is 19.2 Å². The third-order valence-corrected chi connectivity index (χ3v) is 8.50. The number of hydrogen-bond donors (Lipinski definition) is 1. The van der Waals surface area contributed by atoms with Gasteiger partial charge in [0.25, 0.3) is 11.8 Å². The number of benzene rings is 1. The van der Waals surface area contributed by atoms with Gasteiger partial charge in [-0.2, -0.15) is 13.2 Å². The molecule has 4 aromatic rings. The van der Waals surface area contributed by atoms with Crippen molar-refractivity contribution in [2.75, 3.05) is 38.1 Å². The van der Waals surface area contributed by atoms with Crippen molar-refractivity contribution in [3.63, 3.8) is 0 Å². The number of pyridine rings is 1. The lowest BCUT2D eigenvalue weighted by Gasteiger charge is -2.27. The summed E-state index contributed by atoms with van der Waals surface area (Å²) in [5.41, 5.74) is 1.48. The molecule has 2 amide bonds. The normalized spacial score (nSPS) is 15.7. The van der Waals surface area contributed by atoms with Gasteiger partial charge in [-0.15, -0.1) is 11.3 Å². The molecular formula is C29H28F3N5O3S. The number of carbonyl (C=O) groups excluding carboxylic acids is 2. The summed E-state index contributed by atoms with van der Waals surface area (Å²) in [6.45, 7) is 3.56. The zero-order valence-corrected chi connectivity index (χ0v) is 22.9. The van der Waals surface area contributed by atoms with Gasteiger partial charge in [-0.05, 0) is 62.2 Å². The highest BCUT2D eigenvalue weighted by molar-refractivity contribution is 7.10. The fraction of sp³-hybridized carbons (Fsp3) is 0.345. The summed E-state index contributed by atoms with van der Waals surface area (Å²) in [6.07, 6.45) is 1.44. The number of ether oxygens (including phenoxy) is 1. The predicted octanol–water partition coefficient (Wildman–Crippen LogP) is 5.34. The summed E-state index contributed by atoms with van der Waals surface area (Å²) in [5.74, 6) is -0.593. The third-order valence-electron chi connectivity index (χ3n) is 7.48. The van der Waals surface area contributed by atoms with Gasteiger partial charge in [0.15, 0.2) is 0 Å². The lowest BCUT2D eigenvalue weighted by Crippen LogP contribution is -2.36. The van der Waals surface area contributed by atoms with Gasteiger partial charge in [-0.1, -0.05) is 6.07 Å². The van der Waals surface area contributed by atoms with Gasteiger partial charge in [0.2, 0.25) is 0 Å². The van der Waals surface area contributed by atoms with Gasteiger partial charge >= 0.3 is 6.18 Å². The van der Waals surface area contributed by atoms with Crippen LogP contribution in [0.2, 0.25) is 0 Å². The Kier molecular flexibility index (Phi) is 7.43. The molecule has 2 aliphatic heterocycles. The molecule has 0 saturated carbocycles. The van der Waals surface area contributed by atoms with Crippen LogP contribution in [0.1, 0.15) is 49.7 Å². The van der Waals surface area contributed by atoms with E-state index in [4.69, 9.17) is 4.74 Å². The van der Waals surface area contributed by atoms with Gasteiger partial charge in [0, 0.05) is 41.3 Å². The number of alkyl halides is 3. The van der Waals surface area contributed by atoms with E-state index in [1.165, 1.54) is 17.4 Å². The smallest absolute Gasteiger partial charge is 0.416 e. The molecule has 41 heavy (non-hydrogen) atoms. The molecular weight excluding hydrogens is 555 g/mol. The zero-order valence-electron chi connectivity index (χ0n) is 22.1. The van der Waals surface area contributed by atoms with Gasteiger partial charge in [-0.25, -0.2) is 4.98 Å². The highest BCUT2D eigenvalue weighted by atomic mass is 32.1. The van der Waals surface area contributed by atoms with E-state index in [-0.39, 0.29) is 24.0 Å². The van der Waals surface area contributed by atoms with E-state index in [2.05, 4.69) is 15.2 Å². The number of nitrogens with zero attached hydrogens (tertiary/aromatic N) is 4. The molecule has 0 unspecified atom stereocenters. The predicted molar refractivity (Wildman–Crippen MR) is 149 cm³/mol. The number of nitrogens with one attached hydrogen (secondary N) is 1. The highest BCUT2D eigenvalue weighted by Gasteiger charge is 2.32. The van der Waals surface area contributed by atoms with Crippen LogP contribution in [0.25, 0.3) is 5.65 Å². The van der Waals surface area contributed by atoms with Crippen LogP contribution in [0.15, 0.2) is 54.2 Å². The fourth-order valence-corrected chi connectivity index (χ4v) is 6.45. The van der Waals surface area contributed by atoms with Crippen molar-refractivity contribution in [2.45, 2.75) is 32.0 Å². The average molecular weight is 584 g/mol. The number of carbonyl (C=O) groups is 2. The maximum absolute atomic E-state index is 13.6.